The second-order valence-corrected chi connectivity index (χ2v) is 9.22. The van der Waals surface area contributed by atoms with Crippen LogP contribution in [0.5, 0.6) is 17.2 Å². The molecule has 3 N–H and O–H groups in total. The second-order valence-electron chi connectivity index (χ2n) is 9.22. The lowest BCUT2D eigenvalue weighted by molar-refractivity contribution is -0.139. The van der Waals surface area contributed by atoms with Crippen LogP contribution in [0.3, 0.4) is 0 Å². The van der Waals surface area contributed by atoms with Gasteiger partial charge in [0.15, 0.2) is 11.5 Å². The van der Waals surface area contributed by atoms with Crippen molar-refractivity contribution in [3.05, 3.63) is 95.2 Å². The number of hydrogen-bond donors (Lipinski definition) is 3. The minimum atomic E-state index is -0.874. The molecule has 0 aliphatic carbocycles. The number of ketones is 1. The van der Waals surface area contributed by atoms with Crippen LogP contribution in [0.2, 0.25) is 0 Å². The summed E-state index contributed by atoms with van der Waals surface area (Å²) in [4.78, 5) is 31.5. The van der Waals surface area contributed by atoms with E-state index in [2.05, 4.69) is 4.98 Å². The van der Waals surface area contributed by atoms with Gasteiger partial charge in [0.1, 0.15) is 11.5 Å². The number of rotatable bonds is 9. The highest BCUT2D eigenvalue weighted by Gasteiger charge is 2.46. The van der Waals surface area contributed by atoms with Crippen LogP contribution < -0.4 is 9.47 Å². The number of phenolic OH excluding ortho intramolecular Hbond substituents is 1. The van der Waals surface area contributed by atoms with E-state index in [1.165, 1.54) is 11.0 Å². The summed E-state index contributed by atoms with van der Waals surface area (Å²) in [6, 6.07) is 18.4. The molecule has 3 aromatic carbocycles. The van der Waals surface area contributed by atoms with E-state index in [0.717, 1.165) is 16.5 Å². The summed E-state index contributed by atoms with van der Waals surface area (Å²) in [6.07, 6.45) is 2.40. The minimum Gasteiger partial charge on any atom is -0.507 e. The van der Waals surface area contributed by atoms with Crippen LogP contribution in [-0.2, 0) is 16.0 Å². The van der Waals surface area contributed by atoms with Crippen LogP contribution in [0.25, 0.3) is 16.7 Å². The molecule has 1 amide bonds. The summed E-state index contributed by atoms with van der Waals surface area (Å²) in [5, 5.41) is 22.7. The third-order valence-electron chi connectivity index (χ3n) is 6.88. The van der Waals surface area contributed by atoms with Crippen molar-refractivity contribution < 1.29 is 29.3 Å². The molecule has 8 heteroatoms. The van der Waals surface area contributed by atoms with Crippen molar-refractivity contribution in [1.29, 1.82) is 0 Å². The van der Waals surface area contributed by atoms with E-state index in [0.29, 0.717) is 36.5 Å². The highest BCUT2D eigenvalue weighted by atomic mass is 16.5. The molecule has 1 saturated heterocycles. The highest BCUT2D eigenvalue weighted by Crippen LogP contribution is 2.42. The number of carbonyl (C=O) groups is 2. The number of ether oxygens (including phenoxy) is 2. The lowest BCUT2D eigenvalue weighted by Gasteiger charge is -2.26. The molecule has 1 fully saturated rings. The molecule has 1 atom stereocenters. The molecular weight excluding hydrogens is 496 g/mol. The first-order valence-corrected chi connectivity index (χ1v) is 12.9. The van der Waals surface area contributed by atoms with Crippen molar-refractivity contribution in [2.24, 2.45) is 0 Å². The number of carbonyl (C=O) groups excluding carboxylic acids is 2. The average molecular weight is 527 g/mol. The first kappa shape index (κ1) is 25.9. The molecule has 2 heterocycles. The third-order valence-corrected chi connectivity index (χ3v) is 6.88. The fraction of sp³-hybridized carbons (Fsp3) is 0.226. The number of likely N-dealkylation sites (tertiary alicyclic amines) is 1. The number of aromatic nitrogens is 1. The van der Waals surface area contributed by atoms with Crippen LogP contribution in [0, 0.1) is 0 Å². The maximum atomic E-state index is 13.4. The van der Waals surface area contributed by atoms with Crippen molar-refractivity contribution in [2.75, 3.05) is 19.8 Å². The van der Waals surface area contributed by atoms with Crippen LogP contribution in [0.1, 0.15) is 36.6 Å². The smallest absolute Gasteiger partial charge is 0.295 e. The summed E-state index contributed by atoms with van der Waals surface area (Å²) in [6.45, 7) is 4.73. The van der Waals surface area contributed by atoms with E-state index in [9.17, 15) is 19.8 Å². The molecule has 200 valence electrons. The number of fused-ring (bicyclic) bond motifs is 1. The van der Waals surface area contributed by atoms with Gasteiger partial charge in [0.2, 0.25) is 0 Å². The number of para-hydroxylation sites is 1. The summed E-state index contributed by atoms with van der Waals surface area (Å²) in [7, 11) is 0. The molecular formula is C31H30N2O6. The number of nitrogens with zero attached hydrogens (tertiary/aromatic N) is 1. The Kier molecular flexibility index (Phi) is 7.27. The van der Waals surface area contributed by atoms with E-state index in [4.69, 9.17) is 9.47 Å². The number of hydrogen-bond acceptors (Lipinski definition) is 6. The minimum absolute atomic E-state index is 0.0174. The number of benzene rings is 3. The maximum absolute atomic E-state index is 13.4. The van der Waals surface area contributed by atoms with Crippen LogP contribution >= 0.6 is 0 Å². The normalized spacial score (nSPS) is 16.7. The van der Waals surface area contributed by atoms with Gasteiger partial charge in [0.25, 0.3) is 11.7 Å². The Morgan fingerprint density at radius 3 is 2.46 bits per heavy atom. The fourth-order valence-corrected chi connectivity index (χ4v) is 5.04. The fourth-order valence-electron chi connectivity index (χ4n) is 5.04. The van der Waals surface area contributed by atoms with Gasteiger partial charge < -0.3 is 29.6 Å². The van der Waals surface area contributed by atoms with Gasteiger partial charge >= 0.3 is 0 Å². The van der Waals surface area contributed by atoms with E-state index < -0.39 is 17.7 Å². The van der Waals surface area contributed by atoms with Crippen molar-refractivity contribution >= 4 is 28.4 Å². The second kappa shape index (κ2) is 10.9. The Balaban J connectivity index is 1.57. The Labute approximate surface area is 226 Å². The molecule has 0 spiro atoms. The number of H-pyrrole nitrogens is 1. The Hall–Kier alpha value is -4.72. The summed E-state index contributed by atoms with van der Waals surface area (Å²) < 4.78 is 11.1. The van der Waals surface area contributed by atoms with Crippen LogP contribution in [0.15, 0.2) is 78.5 Å². The van der Waals surface area contributed by atoms with Crippen molar-refractivity contribution in [2.45, 2.75) is 26.3 Å². The SMILES string of the molecule is CCOc1ccc(/C(O)=C2\C(=O)C(=O)N(CCc3c[nH]c4ccccc34)C2c2ccc(O)c(OCC)c2)cc1. The van der Waals surface area contributed by atoms with E-state index in [-0.39, 0.29) is 29.4 Å². The predicted octanol–water partition coefficient (Wildman–Crippen LogP) is 5.34. The standard InChI is InChI=1S/C31H30N2O6/c1-3-38-22-12-9-19(10-13-22)29(35)27-28(20-11-14-25(34)26(17-20)39-4-2)33(31(37)30(27)36)16-15-21-18-32-24-8-6-5-7-23(21)24/h5-14,17-18,28,32,34-35H,3-4,15-16H2,1-2H3/b29-27+. The predicted molar refractivity (Wildman–Crippen MR) is 148 cm³/mol. The van der Waals surface area contributed by atoms with Gasteiger partial charge in [-0.2, -0.15) is 0 Å². The van der Waals surface area contributed by atoms with E-state index >= 15 is 0 Å². The quantitative estimate of drug-likeness (QED) is 0.154. The number of Topliss-reactive ketones (excluding diaryl/α,β-unsaturated/α-hetero) is 1. The zero-order valence-corrected chi connectivity index (χ0v) is 21.8. The van der Waals surface area contributed by atoms with Crippen LogP contribution in [0.4, 0.5) is 0 Å². The van der Waals surface area contributed by atoms with Gasteiger partial charge in [-0.15, -0.1) is 0 Å². The molecule has 8 nitrogen and oxygen atoms in total. The molecule has 1 unspecified atom stereocenters. The number of amides is 1. The Morgan fingerprint density at radius 2 is 1.72 bits per heavy atom. The highest BCUT2D eigenvalue weighted by molar-refractivity contribution is 6.46. The monoisotopic (exact) mass is 526 g/mol. The number of aromatic amines is 1. The van der Waals surface area contributed by atoms with Gasteiger partial charge in [-0.3, -0.25) is 9.59 Å². The van der Waals surface area contributed by atoms with Crippen molar-refractivity contribution in [1.82, 2.24) is 9.88 Å². The number of nitrogens with one attached hydrogen (secondary N) is 1. The average Bonchev–Trinajstić information content (AvgIpc) is 3.47. The van der Waals surface area contributed by atoms with Crippen molar-refractivity contribution in [3.63, 3.8) is 0 Å². The van der Waals surface area contributed by atoms with E-state index in [1.807, 2.05) is 37.4 Å². The van der Waals surface area contributed by atoms with Gasteiger partial charge in [-0.05, 0) is 73.9 Å². The largest absolute Gasteiger partial charge is 0.507 e. The molecule has 0 saturated carbocycles. The third kappa shape index (κ3) is 4.93. The maximum Gasteiger partial charge on any atom is 0.295 e. The molecule has 1 aliphatic rings. The molecule has 4 aromatic rings. The Bertz CT molecular complexity index is 1550. The number of aromatic hydroxyl groups is 1. The summed E-state index contributed by atoms with van der Waals surface area (Å²) >= 11 is 0. The first-order chi connectivity index (χ1) is 18.9. The Morgan fingerprint density at radius 1 is 0.974 bits per heavy atom. The summed E-state index contributed by atoms with van der Waals surface area (Å²) in [5.41, 5.74) is 2.92. The van der Waals surface area contributed by atoms with Gasteiger partial charge in [0, 0.05) is 29.2 Å². The zero-order valence-electron chi connectivity index (χ0n) is 21.8. The summed E-state index contributed by atoms with van der Waals surface area (Å²) in [5.74, 6) is -0.928. The van der Waals surface area contributed by atoms with Gasteiger partial charge in [-0.25, -0.2) is 0 Å². The molecule has 1 aliphatic heterocycles. The van der Waals surface area contributed by atoms with Crippen molar-refractivity contribution in [3.8, 4) is 17.2 Å². The molecule has 0 radical (unpaired) electrons. The van der Waals surface area contributed by atoms with Gasteiger partial charge in [0.05, 0.1) is 24.8 Å². The zero-order chi connectivity index (χ0) is 27.5. The number of phenols is 1. The first-order valence-electron chi connectivity index (χ1n) is 12.9. The molecule has 1 aromatic heterocycles. The molecule has 0 bridgehead atoms. The lowest BCUT2D eigenvalue weighted by Crippen LogP contribution is -2.31. The molecule has 39 heavy (non-hydrogen) atoms. The number of aliphatic hydroxyl groups is 1. The van der Waals surface area contributed by atoms with E-state index in [1.54, 1.807) is 43.3 Å². The molecule has 5 rings (SSSR count). The van der Waals surface area contributed by atoms with Crippen LogP contribution in [-0.4, -0.2) is 51.5 Å². The lowest BCUT2D eigenvalue weighted by atomic mass is 9.94. The van der Waals surface area contributed by atoms with Gasteiger partial charge in [-0.1, -0.05) is 24.3 Å². The number of aliphatic hydroxyl groups excluding tert-OH is 1. The topological polar surface area (TPSA) is 112 Å².